The Bertz CT molecular complexity index is 1140. The van der Waals surface area contributed by atoms with Crippen molar-refractivity contribution in [3.63, 3.8) is 0 Å². The first-order chi connectivity index (χ1) is 13.7. The average Bonchev–Trinajstić information content (AvgIpc) is 2.67. The van der Waals surface area contributed by atoms with E-state index in [0.717, 1.165) is 12.1 Å². The van der Waals surface area contributed by atoms with E-state index in [2.05, 4.69) is 10.3 Å². The number of H-pyrrole nitrogens is 1. The molecule has 2 N–H and O–H groups in total. The Hall–Kier alpha value is -3.62. The zero-order valence-electron chi connectivity index (χ0n) is 15.0. The molecular weight excluding hydrogens is 389 g/mol. The number of anilines is 1. The summed E-state index contributed by atoms with van der Waals surface area (Å²) in [7, 11) is 0. The number of alkyl halides is 3. The van der Waals surface area contributed by atoms with Crippen LogP contribution in [0.15, 0.2) is 59.4 Å². The molecule has 0 aliphatic carbocycles. The zero-order chi connectivity index (χ0) is 21.2. The van der Waals surface area contributed by atoms with Crippen molar-refractivity contribution in [1.29, 1.82) is 0 Å². The summed E-state index contributed by atoms with van der Waals surface area (Å²) in [6.45, 7) is 1.21. The number of aromatic nitrogens is 1. The molecule has 1 aromatic heterocycles. The highest BCUT2D eigenvalue weighted by Gasteiger charge is 2.34. The molecule has 0 unspecified atom stereocenters. The smallest absolute Gasteiger partial charge is 0.418 e. The largest absolute Gasteiger partial charge is 0.448 e. The SMILES string of the molecule is C[C@H](OC(=O)c1cc2ccccc2c(=O)[nH]1)C(=O)Nc1ccccc1C(F)(F)F. The highest BCUT2D eigenvalue weighted by molar-refractivity contribution is 5.98. The maximum Gasteiger partial charge on any atom is 0.418 e. The first-order valence-electron chi connectivity index (χ1n) is 8.47. The second-order valence-corrected chi connectivity index (χ2v) is 6.18. The van der Waals surface area contributed by atoms with Gasteiger partial charge in [0.05, 0.1) is 11.3 Å². The van der Waals surface area contributed by atoms with Gasteiger partial charge in [-0.3, -0.25) is 9.59 Å². The number of carbonyl (C=O) groups excluding carboxylic acids is 2. The number of benzene rings is 2. The fraction of sp³-hybridized carbons (Fsp3) is 0.150. The van der Waals surface area contributed by atoms with Crippen molar-refractivity contribution in [2.75, 3.05) is 5.32 Å². The number of pyridine rings is 1. The number of amides is 1. The summed E-state index contributed by atoms with van der Waals surface area (Å²) in [6, 6.07) is 12.4. The van der Waals surface area contributed by atoms with Crippen molar-refractivity contribution < 1.29 is 27.5 Å². The summed E-state index contributed by atoms with van der Waals surface area (Å²) in [4.78, 5) is 38.9. The third-order valence-corrected chi connectivity index (χ3v) is 4.12. The van der Waals surface area contributed by atoms with Gasteiger partial charge in [0.25, 0.3) is 11.5 Å². The highest BCUT2D eigenvalue weighted by Crippen LogP contribution is 2.34. The minimum absolute atomic E-state index is 0.177. The molecule has 6 nitrogen and oxygen atoms in total. The Labute approximate surface area is 162 Å². The lowest BCUT2D eigenvalue weighted by Crippen LogP contribution is -2.31. The Morgan fingerprint density at radius 1 is 1.07 bits per heavy atom. The second-order valence-electron chi connectivity index (χ2n) is 6.18. The fourth-order valence-electron chi connectivity index (χ4n) is 2.67. The molecule has 2 aromatic carbocycles. The molecule has 0 fully saturated rings. The summed E-state index contributed by atoms with van der Waals surface area (Å²) >= 11 is 0. The lowest BCUT2D eigenvalue weighted by Gasteiger charge is -2.16. The summed E-state index contributed by atoms with van der Waals surface area (Å²) in [5.41, 5.74) is -2.16. The predicted octanol–water partition coefficient (Wildman–Crippen LogP) is 3.73. The molecule has 0 spiro atoms. The van der Waals surface area contributed by atoms with Crippen LogP contribution in [0.5, 0.6) is 0 Å². The number of nitrogens with one attached hydrogen (secondary N) is 2. The van der Waals surface area contributed by atoms with E-state index in [1.165, 1.54) is 25.1 Å². The van der Waals surface area contributed by atoms with Crippen LogP contribution in [0.3, 0.4) is 0 Å². The Morgan fingerprint density at radius 2 is 1.72 bits per heavy atom. The molecule has 29 heavy (non-hydrogen) atoms. The third kappa shape index (κ3) is 4.45. The summed E-state index contributed by atoms with van der Waals surface area (Å²) in [6.07, 6.45) is -6.06. The van der Waals surface area contributed by atoms with Gasteiger partial charge in [-0.15, -0.1) is 0 Å². The van der Waals surface area contributed by atoms with Crippen LogP contribution in [-0.2, 0) is 15.7 Å². The monoisotopic (exact) mass is 404 g/mol. The number of hydrogen-bond acceptors (Lipinski definition) is 4. The zero-order valence-corrected chi connectivity index (χ0v) is 15.0. The number of rotatable bonds is 4. The molecule has 3 rings (SSSR count). The molecule has 0 saturated heterocycles. The number of ether oxygens (including phenoxy) is 1. The van der Waals surface area contributed by atoms with Gasteiger partial charge >= 0.3 is 12.1 Å². The predicted molar refractivity (Wildman–Crippen MR) is 99.5 cm³/mol. The number of esters is 1. The van der Waals surface area contributed by atoms with Crippen molar-refractivity contribution in [2.24, 2.45) is 0 Å². The molecule has 9 heteroatoms. The number of hydrogen-bond donors (Lipinski definition) is 2. The fourth-order valence-corrected chi connectivity index (χ4v) is 2.67. The normalized spacial score (nSPS) is 12.4. The van der Waals surface area contributed by atoms with E-state index >= 15 is 0 Å². The number of aromatic amines is 1. The van der Waals surface area contributed by atoms with Crippen molar-refractivity contribution in [1.82, 2.24) is 4.98 Å². The first kappa shape index (κ1) is 20.1. The van der Waals surface area contributed by atoms with Crippen LogP contribution >= 0.6 is 0 Å². The maximum atomic E-state index is 13.0. The number of para-hydroxylation sites is 1. The van der Waals surface area contributed by atoms with Crippen LogP contribution in [0.2, 0.25) is 0 Å². The summed E-state index contributed by atoms with van der Waals surface area (Å²) in [5, 5.41) is 2.98. The molecule has 1 heterocycles. The van der Waals surface area contributed by atoms with Gasteiger partial charge in [0.2, 0.25) is 0 Å². The van der Waals surface area contributed by atoms with Crippen molar-refractivity contribution in [3.8, 4) is 0 Å². The van der Waals surface area contributed by atoms with Crippen LogP contribution in [-0.4, -0.2) is 23.0 Å². The topological polar surface area (TPSA) is 88.3 Å². The standard InChI is InChI=1S/C20H15F3N2O4/c1-11(17(26)24-15-9-5-4-8-14(15)20(21,22)23)29-19(28)16-10-12-6-2-3-7-13(12)18(27)25-16/h2-11H,1H3,(H,24,26)(H,25,27)/t11-/m0/s1. The Balaban J connectivity index is 1.75. The molecule has 0 saturated carbocycles. The maximum absolute atomic E-state index is 13.0. The summed E-state index contributed by atoms with van der Waals surface area (Å²) < 4.78 is 44.1. The first-order valence-corrected chi connectivity index (χ1v) is 8.47. The van der Waals surface area contributed by atoms with Gasteiger partial charge in [0.1, 0.15) is 5.69 Å². The van der Waals surface area contributed by atoms with Gasteiger partial charge in [-0.25, -0.2) is 4.79 Å². The van der Waals surface area contributed by atoms with E-state index in [1.807, 2.05) is 0 Å². The lowest BCUT2D eigenvalue weighted by molar-refractivity contribution is -0.137. The molecule has 0 aliphatic rings. The molecule has 0 bridgehead atoms. The molecule has 0 radical (unpaired) electrons. The van der Waals surface area contributed by atoms with Gasteiger partial charge in [0.15, 0.2) is 6.10 Å². The average molecular weight is 404 g/mol. The lowest BCUT2D eigenvalue weighted by atomic mass is 10.1. The molecule has 1 atom stereocenters. The van der Waals surface area contributed by atoms with E-state index < -0.39 is 41.0 Å². The van der Waals surface area contributed by atoms with Gasteiger partial charge in [-0.05, 0) is 36.6 Å². The number of halogens is 3. The minimum atomic E-state index is -4.66. The Kier molecular flexibility index (Phi) is 5.40. The van der Waals surface area contributed by atoms with E-state index in [9.17, 15) is 27.6 Å². The van der Waals surface area contributed by atoms with Crippen LogP contribution < -0.4 is 10.9 Å². The Morgan fingerprint density at radius 3 is 2.45 bits per heavy atom. The molecule has 1 amide bonds. The van der Waals surface area contributed by atoms with Crippen LogP contribution in [0.1, 0.15) is 23.0 Å². The van der Waals surface area contributed by atoms with E-state index in [1.54, 1.807) is 24.3 Å². The van der Waals surface area contributed by atoms with Gasteiger partial charge in [0, 0.05) is 5.39 Å². The minimum Gasteiger partial charge on any atom is -0.448 e. The molecule has 0 aliphatic heterocycles. The van der Waals surface area contributed by atoms with Crippen LogP contribution in [0, 0.1) is 0 Å². The van der Waals surface area contributed by atoms with E-state index in [4.69, 9.17) is 4.74 Å². The number of fused-ring (bicyclic) bond motifs is 1. The van der Waals surface area contributed by atoms with E-state index in [0.29, 0.717) is 10.8 Å². The van der Waals surface area contributed by atoms with Crippen molar-refractivity contribution in [3.05, 3.63) is 76.2 Å². The molecule has 3 aromatic rings. The van der Waals surface area contributed by atoms with E-state index in [-0.39, 0.29) is 5.69 Å². The van der Waals surface area contributed by atoms with Gasteiger partial charge < -0.3 is 15.0 Å². The second kappa shape index (κ2) is 7.78. The summed E-state index contributed by atoms with van der Waals surface area (Å²) in [5.74, 6) is -1.93. The molecular formula is C20H15F3N2O4. The van der Waals surface area contributed by atoms with Crippen LogP contribution in [0.25, 0.3) is 10.8 Å². The van der Waals surface area contributed by atoms with Crippen LogP contribution in [0.4, 0.5) is 18.9 Å². The third-order valence-electron chi connectivity index (χ3n) is 4.12. The van der Waals surface area contributed by atoms with Gasteiger partial charge in [-0.2, -0.15) is 13.2 Å². The van der Waals surface area contributed by atoms with Gasteiger partial charge in [-0.1, -0.05) is 30.3 Å². The quantitative estimate of drug-likeness (QED) is 0.649. The highest BCUT2D eigenvalue weighted by atomic mass is 19.4. The van der Waals surface area contributed by atoms with Crippen molar-refractivity contribution in [2.45, 2.75) is 19.2 Å². The van der Waals surface area contributed by atoms with Crippen molar-refractivity contribution >= 4 is 28.3 Å². The molecule has 150 valence electrons. The number of carbonyl (C=O) groups is 2.